The number of hydrogen-bond acceptors (Lipinski definition) is 6. The second-order valence-corrected chi connectivity index (χ2v) is 12.4. The van der Waals surface area contributed by atoms with Gasteiger partial charge in [-0.25, -0.2) is 23.5 Å². The molecule has 0 bridgehead atoms. The van der Waals surface area contributed by atoms with Crippen LogP contribution in [0.5, 0.6) is 5.75 Å². The molecule has 4 unspecified atom stereocenters. The standard InChI is InChI=1S/C37H31N5O5/c1-23-16-18-25(19-17-23)38-41-33(44)29-22-30-27(20-21-39-35(46)40(36(47)42(30)39)26-12-6-3-7-13-26)32(28-14-8-9-15-31(28)43)37(29,34(41)45)24-10-4-2-5-11-24/h2-20,29-30,32,38,43H,21-22H2,1H3. The number of allylic oxidation sites excluding steroid dienone is 2. The summed E-state index contributed by atoms with van der Waals surface area (Å²) in [5.74, 6) is -2.73. The molecule has 2 N–H and O–H groups in total. The van der Waals surface area contributed by atoms with Gasteiger partial charge in [-0.05, 0) is 54.8 Å². The summed E-state index contributed by atoms with van der Waals surface area (Å²) in [6, 6.07) is 31.4. The van der Waals surface area contributed by atoms with Crippen LogP contribution in [-0.4, -0.2) is 35.9 Å². The van der Waals surface area contributed by atoms with Gasteiger partial charge in [-0.1, -0.05) is 90.5 Å². The van der Waals surface area contributed by atoms with E-state index in [0.29, 0.717) is 28.1 Å². The summed E-state index contributed by atoms with van der Waals surface area (Å²) in [6.45, 7) is 2.03. The number of carbonyl (C=O) groups excluding carboxylic acids is 2. The number of carbonyl (C=O) groups is 2. The maximum Gasteiger partial charge on any atom is 0.352 e. The lowest BCUT2D eigenvalue weighted by molar-refractivity contribution is -0.138. The molecule has 2 aliphatic heterocycles. The van der Waals surface area contributed by atoms with Gasteiger partial charge in [0.15, 0.2) is 0 Å². The Hall–Kier alpha value is -5.90. The molecule has 2 amide bonds. The number of aromatic hydroxyl groups is 1. The number of amides is 2. The van der Waals surface area contributed by atoms with Gasteiger partial charge in [-0.2, -0.15) is 5.01 Å². The number of phenols is 1. The Balaban J connectivity index is 1.38. The van der Waals surface area contributed by atoms with E-state index >= 15 is 4.79 Å². The molecule has 0 spiro atoms. The fraction of sp³-hybridized carbons (Fsp3) is 0.189. The number of nitrogens with zero attached hydrogens (tertiary/aromatic N) is 4. The molecule has 1 saturated carbocycles. The highest BCUT2D eigenvalue weighted by Gasteiger charge is 2.69. The van der Waals surface area contributed by atoms with Crippen molar-refractivity contribution >= 4 is 17.5 Å². The average Bonchev–Trinajstić information content (AvgIpc) is 3.48. The highest BCUT2D eigenvalue weighted by atomic mass is 16.3. The fourth-order valence-electron chi connectivity index (χ4n) is 7.88. The number of phenolic OH excluding ortho intramolecular Hbond substituents is 1. The van der Waals surface area contributed by atoms with Gasteiger partial charge < -0.3 is 5.11 Å². The van der Waals surface area contributed by atoms with Gasteiger partial charge in [0.2, 0.25) is 0 Å². The molecule has 4 atom stereocenters. The lowest BCUT2D eigenvalue weighted by Gasteiger charge is -2.49. The van der Waals surface area contributed by atoms with E-state index in [-0.39, 0.29) is 18.7 Å². The van der Waals surface area contributed by atoms with Crippen molar-refractivity contribution in [2.75, 3.05) is 5.43 Å². The van der Waals surface area contributed by atoms with Gasteiger partial charge in [0.1, 0.15) is 5.75 Å². The normalized spacial score (nSPS) is 23.1. The van der Waals surface area contributed by atoms with Gasteiger partial charge in [0.05, 0.1) is 35.3 Å². The molecule has 1 aromatic heterocycles. The van der Waals surface area contributed by atoms with Gasteiger partial charge >= 0.3 is 11.4 Å². The van der Waals surface area contributed by atoms with Gasteiger partial charge in [-0.3, -0.25) is 15.0 Å². The molecule has 10 heteroatoms. The van der Waals surface area contributed by atoms with Crippen molar-refractivity contribution in [3.63, 3.8) is 0 Å². The van der Waals surface area contributed by atoms with E-state index in [1.165, 1.54) is 9.36 Å². The third-order valence-corrected chi connectivity index (χ3v) is 9.92. The molecule has 2 fully saturated rings. The number of hydrogen-bond donors (Lipinski definition) is 2. The molecule has 1 aliphatic carbocycles. The predicted octanol–water partition coefficient (Wildman–Crippen LogP) is 4.43. The Labute approximate surface area is 269 Å². The van der Waals surface area contributed by atoms with E-state index in [1.807, 2.05) is 61.5 Å². The number of imide groups is 1. The Morgan fingerprint density at radius 3 is 2.15 bits per heavy atom. The van der Waals surface area contributed by atoms with E-state index in [4.69, 9.17) is 0 Å². The maximum atomic E-state index is 15.1. The molecule has 0 radical (unpaired) electrons. The van der Waals surface area contributed by atoms with E-state index in [2.05, 4.69) is 5.43 Å². The Kier molecular flexibility index (Phi) is 6.43. The van der Waals surface area contributed by atoms with Crippen molar-refractivity contribution in [3.8, 4) is 11.4 Å². The van der Waals surface area contributed by atoms with Crippen LogP contribution < -0.4 is 16.8 Å². The summed E-state index contributed by atoms with van der Waals surface area (Å²) in [7, 11) is 0. The zero-order valence-corrected chi connectivity index (χ0v) is 25.5. The lowest BCUT2D eigenvalue weighted by atomic mass is 9.53. The molecular weight excluding hydrogens is 594 g/mol. The zero-order chi connectivity index (χ0) is 32.4. The number of rotatable bonds is 5. The van der Waals surface area contributed by atoms with Crippen LogP contribution in [0, 0.1) is 12.8 Å². The van der Waals surface area contributed by atoms with Crippen LogP contribution in [0.2, 0.25) is 0 Å². The summed E-state index contributed by atoms with van der Waals surface area (Å²) in [5, 5.41) is 12.5. The summed E-state index contributed by atoms with van der Waals surface area (Å²) in [4.78, 5) is 57.6. The number of nitrogens with one attached hydrogen (secondary N) is 1. The first kappa shape index (κ1) is 28.6. The summed E-state index contributed by atoms with van der Waals surface area (Å²) >= 11 is 0. The first-order valence-electron chi connectivity index (χ1n) is 15.6. The average molecular weight is 626 g/mol. The van der Waals surface area contributed by atoms with E-state index in [9.17, 15) is 19.5 Å². The smallest absolute Gasteiger partial charge is 0.352 e. The molecule has 10 nitrogen and oxygen atoms in total. The molecule has 5 aromatic rings. The Bertz CT molecular complexity index is 2200. The van der Waals surface area contributed by atoms with Crippen LogP contribution >= 0.6 is 0 Å². The second kappa shape index (κ2) is 10.6. The molecular formula is C37H31N5O5. The van der Waals surface area contributed by atoms with E-state index in [1.54, 1.807) is 60.7 Å². The summed E-state index contributed by atoms with van der Waals surface area (Å²) in [5.41, 5.74) is 4.39. The van der Waals surface area contributed by atoms with Crippen molar-refractivity contribution in [2.24, 2.45) is 5.92 Å². The first-order chi connectivity index (χ1) is 22.8. The van der Waals surface area contributed by atoms with E-state index in [0.717, 1.165) is 15.1 Å². The summed E-state index contributed by atoms with van der Waals surface area (Å²) in [6.07, 6.45) is 1.96. The largest absolute Gasteiger partial charge is 0.508 e. The van der Waals surface area contributed by atoms with Crippen molar-refractivity contribution in [1.29, 1.82) is 0 Å². The van der Waals surface area contributed by atoms with Gasteiger partial charge in [0.25, 0.3) is 11.8 Å². The number of aromatic nitrogens is 3. The highest BCUT2D eigenvalue weighted by molar-refractivity contribution is 6.12. The molecule has 47 heavy (non-hydrogen) atoms. The monoisotopic (exact) mass is 625 g/mol. The number of anilines is 1. The fourth-order valence-corrected chi connectivity index (χ4v) is 7.88. The minimum atomic E-state index is -1.47. The molecule has 8 rings (SSSR count). The number of aryl methyl sites for hydroxylation is 1. The van der Waals surface area contributed by atoms with Crippen molar-refractivity contribution in [1.82, 2.24) is 18.9 Å². The zero-order valence-electron chi connectivity index (χ0n) is 25.5. The number of hydrazine groups is 1. The summed E-state index contributed by atoms with van der Waals surface area (Å²) < 4.78 is 3.96. The van der Waals surface area contributed by atoms with Crippen molar-refractivity contribution < 1.29 is 14.7 Å². The van der Waals surface area contributed by atoms with Crippen LogP contribution in [0.15, 0.2) is 130 Å². The van der Waals surface area contributed by atoms with Gasteiger partial charge in [-0.15, -0.1) is 0 Å². The second-order valence-electron chi connectivity index (χ2n) is 12.4. The van der Waals surface area contributed by atoms with Crippen molar-refractivity contribution in [2.45, 2.75) is 37.3 Å². The third kappa shape index (κ3) is 4.04. The quantitative estimate of drug-likeness (QED) is 0.220. The molecule has 1 saturated heterocycles. The Morgan fingerprint density at radius 2 is 1.45 bits per heavy atom. The van der Waals surface area contributed by atoms with E-state index < -0.39 is 46.5 Å². The number of fused-ring (bicyclic) bond motifs is 4. The lowest BCUT2D eigenvalue weighted by Crippen LogP contribution is -2.53. The highest BCUT2D eigenvalue weighted by Crippen LogP contribution is 2.62. The minimum Gasteiger partial charge on any atom is -0.508 e. The molecule has 4 aromatic carbocycles. The van der Waals surface area contributed by atoms with Crippen LogP contribution in [0.3, 0.4) is 0 Å². The van der Waals surface area contributed by atoms with Crippen molar-refractivity contribution in [3.05, 3.63) is 159 Å². The topological polar surface area (TPSA) is 119 Å². The number of benzene rings is 4. The maximum absolute atomic E-state index is 15.1. The first-order valence-corrected chi connectivity index (χ1v) is 15.6. The molecule has 3 heterocycles. The van der Waals surface area contributed by atoms with Crippen LogP contribution in [0.4, 0.5) is 5.69 Å². The van der Waals surface area contributed by atoms with Crippen LogP contribution in [0.1, 0.15) is 35.1 Å². The van der Waals surface area contributed by atoms with Crippen LogP contribution in [-0.2, 0) is 21.5 Å². The van der Waals surface area contributed by atoms with Gasteiger partial charge in [0, 0.05) is 11.5 Å². The number of para-hydroxylation sites is 2. The Morgan fingerprint density at radius 1 is 0.787 bits per heavy atom. The SMILES string of the molecule is Cc1ccc(NN2C(=O)C3CC4C(=CCn5c(=O)n(-c6ccccc6)c(=O)n54)C(c4ccccc4O)C3(c3ccccc3)C2=O)cc1. The van der Waals surface area contributed by atoms with Crippen LogP contribution in [0.25, 0.3) is 5.69 Å². The third-order valence-electron chi connectivity index (χ3n) is 9.92. The molecule has 234 valence electrons. The molecule has 3 aliphatic rings. The minimum absolute atomic E-state index is 0.0320. The predicted molar refractivity (Wildman–Crippen MR) is 175 cm³/mol.